The van der Waals surface area contributed by atoms with Gasteiger partial charge in [-0.3, -0.25) is 0 Å². The third kappa shape index (κ3) is 4.24. The Labute approximate surface area is 152 Å². The first-order valence-corrected chi connectivity index (χ1v) is 12.4. The van der Waals surface area contributed by atoms with Crippen LogP contribution in [0, 0.1) is 0 Å². The molecule has 118 valence electrons. The summed E-state index contributed by atoms with van der Waals surface area (Å²) in [5, 5.41) is 2.73. The van der Waals surface area contributed by atoms with Gasteiger partial charge < -0.3 is 0 Å². The number of aromatic amines is 1. The van der Waals surface area contributed by atoms with Crippen molar-refractivity contribution in [1.82, 2.24) is 4.98 Å². The van der Waals surface area contributed by atoms with Gasteiger partial charge in [-0.2, -0.15) is 0 Å². The van der Waals surface area contributed by atoms with Gasteiger partial charge in [0.05, 0.1) is 0 Å². The summed E-state index contributed by atoms with van der Waals surface area (Å²) in [5.74, 6) is 0. The van der Waals surface area contributed by atoms with Crippen LogP contribution in [0.4, 0.5) is 0 Å². The van der Waals surface area contributed by atoms with Crippen molar-refractivity contribution in [2.75, 3.05) is 0 Å². The molecule has 0 fully saturated rings. The minimum absolute atomic E-state index is 0.107. The molecule has 1 heterocycles. The van der Waals surface area contributed by atoms with Crippen LogP contribution in [-0.4, -0.2) is 35.8 Å². The molecule has 0 spiro atoms. The molecule has 0 aliphatic heterocycles. The minimum atomic E-state index is -0.107. The summed E-state index contributed by atoms with van der Waals surface area (Å²) in [6, 6.07) is 14.1. The first kappa shape index (κ1) is 17.2. The van der Waals surface area contributed by atoms with Crippen molar-refractivity contribution in [3.8, 4) is 0 Å². The Bertz CT molecular complexity index is 777. The van der Waals surface area contributed by atoms with E-state index in [-0.39, 0.29) is 30.9 Å². The molecule has 23 heavy (non-hydrogen) atoms. The molecule has 0 aliphatic carbocycles. The van der Waals surface area contributed by atoms with Crippen LogP contribution in [0.25, 0.3) is 21.8 Å². The van der Waals surface area contributed by atoms with E-state index in [1.54, 1.807) is 8.79 Å². The molecule has 0 saturated heterocycles. The van der Waals surface area contributed by atoms with Gasteiger partial charge in [-0.1, -0.05) is 0 Å². The Hall–Kier alpha value is -0.674. The number of H-pyrrole nitrogens is 1. The van der Waals surface area contributed by atoms with E-state index in [2.05, 4.69) is 82.9 Å². The summed E-state index contributed by atoms with van der Waals surface area (Å²) in [4.78, 5) is 3.67. The van der Waals surface area contributed by atoms with Crippen LogP contribution in [0.2, 0.25) is 8.49 Å². The fourth-order valence-corrected chi connectivity index (χ4v) is 8.17. The average Bonchev–Trinajstić information content (AvgIpc) is 2.71. The number of rotatable bonds is 2. The number of hydrogen-bond donors (Lipinski definition) is 1. The molecule has 0 unspecified atom stereocenters. The molecule has 1 nitrogen and oxygen atoms in total. The van der Waals surface area contributed by atoms with Crippen molar-refractivity contribution in [2.24, 2.45) is 0 Å². The summed E-state index contributed by atoms with van der Waals surface area (Å²) in [6.45, 7) is 14.1. The van der Waals surface area contributed by atoms with E-state index in [1.165, 1.54) is 21.8 Å². The van der Waals surface area contributed by atoms with Crippen molar-refractivity contribution in [3.05, 3.63) is 36.4 Å². The van der Waals surface area contributed by atoms with E-state index in [9.17, 15) is 0 Å². The van der Waals surface area contributed by atoms with Crippen molar-refractivity contribution in [2.45, 2.75) is 50.0 Å². The van der Waals surface area contributed by atoms with Crippen molar-refractivity contribution in [3.63, 3.8) is 0 Å². The molecule has 2 aromatic carbocycles. The Morgan fingerprint density at radius 3 is 1.39 bits per heavy atom. The molecule has 0 amide bonds. The average molecular weight is 425 g/mol. The molecule has 1 aromatic heterocycles. The molecule has 0 aliphatic rings. The molecule has 3 aromatic rings. The summed E-state index contributed by atoms with van der Waals surface area (Å²) in [5.41, 5.74) is 2.61. The second-order valence-electron chi connectivity index (χ2n) is 8.40. The third-order valence-corrected chi connectivity index (χ3v) is 9.30. The summed E-state index contributed by atoms with van der Waals surface area (Å²) in [6.07, 6.45) is 0. The van der Waals surface area contributed by atoms with E-state index in [1.807, 2.05) is 0 Å². The summed E-state index contributed by atoms with van der Waals surface area (Å²) in [7, 11) is 0. The van der Waals surface area contributed by atoms with Crippen molar-refractivity contribution in [1.29, 1.82) is 0 Å². The summed E-state index contributed by atoms with van der Waals surface area (Å²) < 4.78 is 3.98. The Morgan fingerprint density at radius 2 is 1.04 bits per heavy atom. The Kier molecular flexibility index (Phi) is 4.47. The van der Waals surface area contributed by atoms with Gasteiger partial charge in [-0.05, 0) is 0 Å². The van der Waals surface area contributed by atoms with Gasteiger partial charge in [0.25, 0.3) is 0 Å². The fourth-order valence-electron chi connectivity index (χ4n) is 2.93. The first-order valence-electron chi connectivity index (χ1n) is 8.23. The number of benzene rings is 2. The molecule has 3 heteroatoms. The quantitative estimate of drug-likeness (QED) is 0.586. The molecule has 0 atom stereocenters. The van der Waals surface area contributed by atoms with Crippen molar-refractivity contribution < 1.29 is 0 Å². The third-order valence-electron chi connectivity index (χ3n) is 3.64. The Morgan fingerprint density at radius 1 is 0.652 bits per heavy atom. The number of nitrogens with one attached hydrogen (secondary N) is 1. The standard InChI is InChI=1S/C20H25Ge2N/c1-19(2,3)21-13-7-9-15-16-10-8-14(22-20(4,5)6)12-18(16)23-17(15)11-13/h7-12,23H,1-6H3. The van der Waals surface area contributed by atoms with Crippen LogP contribution >= 0.6 is 0 Å². The zero-order valence-electron chi connectivity index (χ0n) is 15.0. The Balaban J connectivity index is 2.03. The predicted molar refractivity (Wildman–Crippen MR) is 106 cm³/mol. The van der Waals surface area contributed by atoms with Crippen LogP contribution in [0.3, 0.4) is 0 Å². The molecule has 0 bridgehead atoms. The van der Waals surface area contributed by atoms with Gasteiger partial charge in [0.2, 0.25) is 0 Å². The maximum absolute atomic E-state index is 3.67. The van der Waals surface area contributed by atoms with Crippen LogP contribution in [0.5, 0.6) is 0 Å². The topological polar surface area (TPSA) is 15.8 Å². The SMILES string of the molecule is C[C](C)(C)[Ge][c]1ccc2c(c1)[nH]c1c[c]([Ge][C](C)(C)C)ccc12. The molecule has 4 radical (unpaired) electrons. The normalized spacial score (nSPS) is 13.1. The first-order chi connectivity index (χ1) is 10.6. The summed E-state index contributed by atoms with van der Waals surface area (Å²) >= 11 is -0.213. The molecule has 3 rings (SSSR count). The van der Waals surface area contributed by atoms with Gasteiger partial charge in [0, 0.05) is 0 Å². The second kappa shape index (κ2) is 6.00. The predicted octanol–water partition coefficient (Wildman–Crippen LogP) is 4.42. The van der Waals surface area contributed by atoms with Crippen LogP contribution in [0.15, 0.2) is 36.4 Å². The molecule has 0 saturated carbocycles. The maximum atomic E-state index is 3.67. The van der Waals surface area contributed by atoms with Gasteiger partial charge in [0.15, 0.2) is 0 Å². The molecule has 1 N–H and O–H groups in total. The van der Waals surface area contributed by atoms with Crippen LogP contribution in [0.1, 0.15) is 41.5 Å². The number of fused-ring (bicyclic) bond motifs is 3. The van der Waals surface area contributed by atoms with Gasteiger partial charge >= 0.3 is 153 Å². The van der Waals surface area contributed by atoms with Gasteiger partial charge in [0.1, 0.15) is 0 Å². The van der Waals surface area contributed by atoms with E-state index >= 15 is 0 Å². The van der Waals surface area contributed by atoms with E-state index in [4.69, 9.17) is 0 Å². The zero-order valence-corrected chi connectivity index (χ0v) is 19.2. The van der Waals surface area contributed by atoms with Gasteiger partial charge in [-0.15, -0.1) is 0 Å². The second-order valence-corrected chi connectivity index (χ2v) is 18.2. The van der Waals surface area contributed by atoms with Crippen LogP contribution < -0.4 is 8.79 Å². The monoisotopic (exact) mass is 427 g/mol. The van der Waals surface area contributed by atoms with Crippen molar-refractivity contribution >= 4 is 61.5 Å². The number of hydrogen-bond acceptors (Lipinski definition) is 0. The number of aromatic nitrogens is 1. The van der Waals surface area contributed by atoms with Crippen LogP contribution in [-0.2, 0) is 0 Å². The fraction of sp³-hybridized carbons (Fsp3) is 0.400. The van der Waals surface area contributed by atoms with E-state index in [0.29, 0.717) is 8.49 Å². The molecular formula is C20H25Ge2N. The van der Waals surface area contributed by atoms with E-state index in [0.717, 1.165) is 0 Å². The van der Waals surface area contributed by atoms with Gasteiger partial charge in [-0.25, -0.2) is 0 Å². The van der Waals surface area contributed by atoms with E-state index < -0.39 is 0 Å². The zero-order chi connectivity index (χ0) is 16.8. The molecular weight excluding hydrogens is 399 g/mol.